The Labute approximate surface area is 187 Å². The highest BCUT2D eigenvalue weighted by atomic mass is 32.2. The highest BCUT2D eigenvalue weighted by molar-refractivity contribution is 7.89. The summed E-state index contributed by atoms with van der Waals surface area (Å²) < 4.78 is 26.3. The van der Waals surface area contributed by atoms with Crippen molar-refractivity contribution in [2.75, 3.05) is 29.5 Å². The van der Waals surface area contributed by atoms with Crippen molar-refractivity contribution in [1.29, 1.82) is 0 Å². The summed E-state index contributed by atoms with van der Waals surface area (Å²) in [4.78, 5) is 24.7. The van der Waals surface area contributed by atoms with E-state index >= 15 is 0 Å². The lowest BCUT2D eigenvalue weighted by Gasteiger charge is -2.17. The van der Waals surface area contributed by atoms with Gasteiger partial charge >= 0.3 is 6.03 Å². The average Bonchev–Trinajstić information content (AvgIpc) is 2.74. The van der Waals surface area contributed by atoms with Crippen molar-refractivity contribution in [3.63, 3.8) is 0 Å². The highest BCUT2D eigenvalue weighted by Crippen LogP contribution is 2.17. The number of anilines is 3. The van der Waals surface area contributed by atoms with E-state index in [-0.39, 0.29) is 11.4 Å². The summed E-state index contributed by atoms with van der Waals surface area (Å²) in [5, 5.41) is 8.04. The summed E-state index contributed by atoms with van der Waals surface area (Å²) in [6.45, 7) is 1.50. The van der Waals surface area contributed by atoms with Gasteiger partial charge in [-0.05, 0) is 49.4 Å². The fourth-order valence-corrected chi connectivity index (χ4v) is 3.99. The summed E-state index contributed by atoms with van der Waals surface area (Å²) in [6.07, 6.45) is 0. The fourth-order valence-electron chi connectivity index (χ4n) is 2.87. The van der Waals surface area contributed by atoms with Gasteiger partial charge in [-0.1, -0.05) is 42.0 Å². The summed E-state index contributed by atoms with van der Waals surface area (Å²) in [5.41, 5.74) is 2.48. The molecule has 3 amide bonds. The van der Waals surface area contributed by atoms with Gasteiger partial charge in [0, 0.05) is 24.1 Å². The lowest BCUT2D eigenvalue weighted by Crippen LogP contribution is -2.35. The summed E-state index contributed by atoms with van der Waals surface area (Å²) >= 11 is 0. The van der Waals surface area contributed by atoms with E-state index in [1.54, 1.807) is 48.5 Å². The van der Waals surface area contributed by atoms with Crippen molar-refractivity contribution < 1.29 is 18.0 Å². The molecule has 0 heterocycles. The minimum atomic E-state index is -3.79. The normalized spacial score (nSPS) is 11.1. The zero-order chi connectivity index (χ0) is 23.1. The third-order valence-electron chi connectivity index (χ3n) is 4.53. The van der Waals surface area contributed by atoms with Gasteiger partial charge in [0.15, 0.2) is 0 Å². The number of benzene rings is 3. The van der Waals surface area contributed by atoms with Gasteiger partial charge < -0.3 is 16.0 Å². The minimum absolute atomic E-state index is 0.119. The van der Waals surface area contributed by atoms with E-state index in [0.717, 1.165) is 9.87 Å². The molecule has 3 aromatic carbocycles. The molecule has 3 rings (SSSR count). The Morgan fingerprint density at radius 1 is 0.781 bits per heavy atom. The molecular formula is C23H24N4O4S. The third kappa shape index (κ3) is 6.16. The minimum Gasteiger partial charge on any atom is -0.325 e. The maximum atomic E-state index is 12.6. The number of carbonyl (C=O) groups excluding carboxylic acids is 2. The zero-order valence-electron chi connectivity index (χ0n) is 17.7. The number of hydrogen-bond donors (Lipinski definition) is 3. The topological polar surface area (TPSA) is 108 Å². The van der Waals surface area contributed by atoms with E-state index in [2.05, 4.69) is 16.0 Å². The molecule has 0 spiro atoms. The number of amides is 3. The Kier molecular flexibility index (Phi) is 7.24. The number of aryl methyl sites for hydroxylation is 1. The molecule has 3 aromatic rings. The number of urea groups is 1. The van der Waals surface area contributed by atoms with Crippen molar-refractivity contribution in [3.05, 3.63) is 84.4 Å². The van der Waals surface area contributed by atoms with E-state index in [9.17, 15) is 18.0 Å². The molecular weight excluding hydrogens is 428 g/mol. The Morgan fingerprint density at radius 3 is 2.00 bits per heavy atom. The molecule has 0 aliphatic rings. The predicted octanol–water partition coefficient (Wildman–Crippen LogP) is 3.90. The third-order valence-corrected chi connectivity index (χ3v) is 6.35. The fraction of sp³-hybridized carbons (Fsp3) is 0.130. The number of para-hydroxylation sites is 1. The van der Waals surface area contributed by atoms with Crippen LogP contribution < -0.4 is 16.0 Å². The van der Waals surface area contributed by atoms with Crippen LogP contribution in [0, 0.1) is 6.92 Å². The molecule has 0 unspecified atom stereocenters. The van der Waals surface area contributed by atoms with E-state index < -0.39 is 22.0 Å². The lowest BCUT2D eigenvalue weighted by molar-refractivity contribution is -0.116. The average molecular weight is 453 g/mol. The van der Waals surface area contributed by atoms with Crippen LogP contribution in [0.15, 0.2) is 83.8 Å². The second-order valence-electron chi connectivity index (χ2n) is 7.15. The first-order valence-electron chi connectivity index (χ1n) is 9.80. The van der Waals surface area contributed by atoms with Crippen molar-refractivity contribution in [2.24, 2.45) is 0 Å². The second kappa shape index (κ2) is 10.1. The molecule has 0 aromatic heterocycles. The lowest BCUT2D eigenvalue weighted by atomic mass is 10.2. The predicted molar refractivity (Wildman–Crippen MR) is 125 cm³/mol. The zero-order valence-corrected chi connectivity index (χ0v) is 18.5. The van der Waals surface area contributed by atoms with E-state index in [0.29, 0.717) is 17.1 Å². The van der Waals surface area contributed by atoms with Crippen LogP contribution in [-0.4, -0.2) is 38.3 Å². The maximum absolute atomic E-state index is 12.6. The summed E-state index contributed by atoms with van der Waals surface area (Å²) in [7, 11) is -2.44. The largest absolute Gasteiger partial charge is 0.325 e. The number of rotatable bonds is 7. The Bertz CT molecular complexity index is 1200. The molecule has 0 aliphatic carbocycles. The second-order valence-corrected chi connectivity index (χ2v) is 9.19. The van der Waals surface area contributed by atoms with Gasteiger partial charge in [-0.2, -0.15) is 4.31 Å². The van der Waals surface area contributed by atoms with Crippen LogP contribution in [0.2, 0.25) is 0 Å². The smallest absolute Gasteiger partial charge is 0.323 e. The Morgan fingerprint density at radius 2 is 1.34 bits per heavy atom. The standard InChI is InChI=1S/C23H24N4O4S/c1-17-11-13-21(14-12-17)32(30,31)27(2)16-22(28)24-19-9-6-10-20(15-19)26-23(29)25-18-7-4-3-5-8-18/h3-15H,16H2,1-2H3,(H,24,28)(H2,25,26,29). The van der Waals surface area contributed by atoms with Crippen molar-refractivity contribution in [3.8, 4) is 0 Å². The number of carbonyl (C=O) groups is 2. The van der Waals surface area contributed by atoms with Gasteiger partial charge in [-0.3, -0.25) is 4.79 Å². The van der Waals surface area contributed by atoms with E-state index in [1.807, 2.05) is 25.1 Å². The van der Waals surface area contributed by atoms with E-state index in [1.165, 1.54) is 19.2 Å². The molecule has 0 radical (unpaired) electrons. The molecule has 0 bridgehead atoms. The van der Waals surface area contributed by atoms with E-state index in [4.69, 9.17) is 0 Å². The van der Waals surface area contributed by atoms with Crippen LogP contribution in [0.4, 0.5) is 21.9 Å². The van der Waals surface area contributed by atoms with Crippen molar-refractivity contribution in [1.82, 2.24) is 4.31 Å². The van der Waals surface area contributed by atoms with Crippen LogP contribution in [0.5, 0.6) is 0 Å². The number of hydrogen-bond acceptors (Lipinski definition) is 4. The van der Waals surface area contributed by atoms with Crippen LogP contribution in [0.1, 0.15) is 5.56 Å². The SMILES string of the molecule is Cc1ccc(S(=O)(=O)N(C)CC(=O)Nc2cccc(NC(=O)Nc3ccccc3)c2)cc1. The molecule has 0 fully saturated rings. The molecule has 0 atom stereocenters. The first kappa shape index (κ1) is 23.0. The van der Waals surface area contributed by atoms with Gasteiger partial charge in [0.05, 0.1) is 11.4 Å². The quantitative estimate of drug-likeness (QED) is 0.505. The van der Waals surface area contributed by atoms with Crippen molar-refractivity contribution >= 4 is 39.0 Å². The van der Waals surface area contributed by atoms with Gasteiger partial charge in [-0.25, -0.2) is 13.2 Å². The maximum Gasteiger partial charge on any atom is 0.323 e. The monoisotopic (exact) mass is 452 g/mol. The Hall–Kier alpha value is -3.69. The number of likely N-dealkylation sites (N-methyl/N-ethyl adjacent to an activating group) is 1. The van der Waals surface area contributed by atoms with Gasteiger partial charge in [0.1, 0.15) is 0 Å². The highest BCUT2D eigenvalue weighted by Gasteiger charge is 2.22. The molecule has 32 heavy (non-hydrogen) atoms. The van der Waals surface area contributed by atoms with Gasteiger partial charge in [-0.15, -0.1) is 0 Å². The molecule has 0 saturated carbocycles. The van der Waals surface area contributed by atoms with Gasteiger partial charge in [0.2, 0.25) is 15.9 Å². The molecule has 166 valence electrons. The van der Waals surface area contributed by atoms with Crippen molar-refractivity contribution in [2.45, 2.75) is 11.8 Å². The molecule has 8 nitrogen and oxygen atoms in total. The molecule has 9 heteroatoms. The first-order chi connectivity index (χ1) is 15.2. The number of nitrogens with one attached hydrogen (secondary N) is 3. The Balaban J connectivity index is 1.59. The first-order valence-corrected chi connectivity index (χ1v) is 11.2. The molecule has 0 aliphatic heterocycles. The number of sulfonamides is 1. The van der Waals surface area contributed by atoms with Crippen LogP contribution in [0.3, 0.4) is 0 Å². The summed E-state index contributed by atoms with van der Waals surface area (Å²) in [5.74, 6) is -0.505. The molecule has 0 saturated heterocycles. The van der Waals surface area contributed by atoms with Crippen LogP contribution in [0.25, 0.3) is 0 Å². The molecule has 3 N–H and O–H groups in total. The van der Waals surface area contributed by atoms with Crippen LogP contribution >= 0.6 is 0 Å². The van der Waals surface area contributed by atoms with Crippen LogP contribution in [-0.2, 0) is 14.8 Å². The van der Waals surface area contributed by atoms with Gasteiger partial charge in [0.25, 0.3) is 0 Å². The number of nitrogens with zero attached hydrogens (tertiary/aromatic N) is 1. The summed E-state index contributed by atoms with van der Waals surface area (Å²) in [6, 6.07) is 21.5.